The Morgan fingerprint density at radius 3 is 2.56 bits per heavy atom. The molecular weight excluding hydrogens is 224 g/mol. The molecule has 0 bridgehead atoms. The predicted molar refractivity (Wildman–Crippen MR) is 74.5 cm³/mol. The van der Waals surface area contributed by atoms with Crippen molar-refractivity contribution in [2.45, 2.75) is 64.3 Å². The average molecular weight is 252 g/mol. The number of nitrogens with zero attached hydrogens (tertiary/aromatic N) is 1. The maximum absolute atomic E-state index is 12.7. The van der Waals surface area contributed by atoms with Crippen LogP contribution in [0.15, 0.2) is 0 Å². The van der Waals surface area contributed by atoms with E-state index in [0.29, 0.717) is 11.9 Å². The highest BCUT2D eigenvalue weighted by atomic mass is 16.2. The third kappa shape index (κ3) is 2.87. The summed E-state index contributed by atoms with van der Waals surface area (Å²) in [4.78, 5) is 14.7. The molecule has 104 valence electrons. The molecule has 3 heteroatoms. The molecule has 0 radical (unpaired) electrons. The summed E-state index contributed by atoms with van der Waals surface area (Å²) in [6.45, 7) is 4.18. The molecule has 0 aromatic rings. The van der Waals surface area contributed by atoms with E-state index in [1.54, 1.807) is 0 Å². The van der Waals surface area contributed by atoms with Crippen molar-refractivity contribution in [3.05, 3.63) is 0 Å². The number of likely N-dealkylation sites (N-methyl/N-ethyl adjacent to an activating group) is 1. The molecule has 2 fully saturated rings. The number of rotatable bonds is 4. The van der Waals surface area contributed by atoms with Crippen molar-refractivity contribution in [3.8, 4) is 0 Å². The van der Waals surface area contributed by atoms with E-state index in [4.69, 9.17) is 0 Å². The van der Waals surface area contributed by atoms with E-state index in [9.17, 15) is 4.79 Å². The first-order valence-electron chi connectivity index (χ1n) is 7.67. The number of piperidine rings is 1. The summed E-state index contributed by atoms with van der Waals surface area (Å²) in [6, 6.07) is 0.517. The molecule has 1 atom stereocenters. The van der Waals surface area contributed by atoms with Crippen molar-refractivity contribution in [1.29, 1.82) is 0 Å². The van der Waals surface area contributed by atoms with Crippen LogP contribution < -0.4 is 5.32 Å². The number of carbonyl (C=O) groups excluding carboxylic acids is 1. The fourth-order valence-electron chi connectivity index (χ4n) is 3.67. The third-order valence-corrected chi connectivity index (χ3v) is 4.94. The summed E-state index contributed by atoms with van der Waals surface area (Å²) in [5.41, 5.74) is -0.0244. The second-order valence-electron chi connectivity index (χ2n) is 6.17. The van der Waals surface area contributed by atoms with Gasteiger partial charge in [-0.2, -0.15) is 0 Å². The molecule has 0 aromatic carbocycles. The molecule has 0 aromatic heterocycles. The lowest BCUT2D eigenvalue weighted by Crippen LogP contribution is -2.48. The Balaban J connectivity index is 1.90. The lowest BCUT2D eigenvalue weighted by molar-refractivity contribution is -0.141. The molecule has 1 saturated carbocycles. The number of hydrogen-bond acceptors (Lipinski definition) is 2. The molecule has 0 spiro atoms. The lowest BCUT2D eigenvalue weighted by Gasteiger charge is -2.34. The van der Waals surface area contributed by atoms with Gasteiger partial charge in [-0.05, 0) is 38.6 Å². The molecule has 3 nitrogen and oxygen atoms in total. The molecule has 1 N–H and O–H groups in total. The van der Waals surface area contributed by atoms with E-state index in [2.05, 4.69) is 12.2 Å². The Morgan fingerprint density at radius 2 is 2.00 bits per heavy atom. The van der Waals surface area contributed by atoms with Crippen LogP contribution in [0.4, 0.5) is 0 Å². The van der Waals surface area contributed by atoms with Crippen molar-refractivity contribution in [1.82, 2.24) is 10.2 Å². The Labute approximate surface area is 111 Å². The highest BCUT2D eigenvalue weighted by Gasteiger charge is 2.41. The number of nitrogens with one attached hydrogen (secondary N) is 1. The fourth-order valence-corrected chi connectivity index (χ4v) is 3.67. The summed E-state index contributed by atoms with van der Waals surface area (Å²) < 4.78 is 0. The summed E-state index contributed by atoms with van der Waals surface area (Å²) in [5.74, 6) is 0.398. The van der Waals surface area contributed by atoms with Crippen molar-refractivity contribution in [2.24, 2.45) is 5.41 Å². The Kier molecular flexibility index (Phi) is 4.66. The first-order valence-corrected chi connectivity index (χ1v) is 7.67. The van der Waals surface area contributed by atoms with Gasteiger partial charge < -0.3 is 10.2 Å². The Morgan fingerprint density at radius 1 is 1.28 bits per heavy atom. The van der Waals surface area contributed by atoms with Gasteiger partial charge in [0, 0.05) is 25.0 Å². The Hall–Kier alpha value is -0.570. The van der Waals surface area contributed by atoms with Gasteiger partial charge in [0.2, 0.25) is 5.91 Å². The van der Waals surface area contributed by atoms with Gasteiger partial charge in [-0.25, -0.2) is 0 Å². The summed E-state index contributed by atoms with van der Waals surface area (Å²) in [6.07, 6.45) is 9.48. The minimum atomic E-state index is -0.0244. The smallest absolute Gasteiger partial charge is 0.228 e. The average Bonchev–Trinajstić information content (AvgIpc) is 2.89. The van der Waals surface area contributed by atoms with E-state index >= 15 is 0 Å². The molecule has 1 saturated heterocycles. The van der Waals surface area contributed by atoms with Crippen LogP contribution in [-0.4, -0.2) is 37.0 Å². The van der Waals surface area contributed by atoms with Crippen LogP contribution in [-0.2, 0) is 4.79 Å². The van der Waals surface area contributed by atoms with E-state index in [1.807, 2.05) is 11.9 Å². The molecule has 2 aliphatic rings. The molecule has 18 heavy (non-hydrogen) atoms. The van der Waals surface area contributed by atoms with E-state index < -0.39 is 0 Å². The largest absolute Gasteiger partial charge is 0.344 e. The van der Waals surface area contributed by atoms with Gasteiger partial charge in [0.05, 0.1) is 0 Å². The molecular formula is C15H28N2O. The standard InChI is InChI=1S/C15H28N2O/c1-3-15(9-5-6-10-15)14(18)17(2)12-13-8-4-7-11-16-13/h13,16H,3-12H2,1-2H3. The van der Waals surface area contributed by atoms with Gasteiger partial charge in [0.25, 0.3) is 0 Å². The van der Waals surface area contributed by atoms with Crippen LogP contribution in [0.5, 0.6) is 0 Å². The normalized spacial score (nSPS) is 27.1. The highest BCUT2D eigenvalue weighted by Crippen LogP contribution is 2.42. The number of hydrogen-bond donors (Lipinski definition) is 1. The van der Waals surface area contributed by atoms with Crippen LogP contribution in [0.25, 0.3) is 0 Å². The molecule has 1 aliphatic heterocycles. The zero-order valence-corrected chi connectivity index (χ0v) is 12.0. The highest BCUT2D eigenvalue weighted by molar-refractivity contribution is 5.82. The first-order chi connectivity index (χ1) is 8.68. The summed E-state index contributed by atoms with van der Waals surface area (Å²) in [5, 5.41) is 3.53. The van der Waals surface area contributed by atoms with Crippen molar-refractivity contribution in [2.75, 3.05) is 20.1 Å². The second-order valence-corrected chi connectivity index (χ2v) is 6.17. The third-order valence-electron chi connectivity index (χ3n) is 4.94. The summed E-state index contributed by atoms with van der Waals surface area (Å²) >= 11 is 0. The minimum absolute atomic E-state index is 0.0244. The van der Waals surface area contributed by atoms with E-state index in [-0.39, 0.29) is 5.41 Å². The second kappa shape index (κ2) is 6.05. The topological polar surface area (TPSA) is 32.3 Å². The van der Waals surface area contributed by atoms with E-state index in [1.165, 1.54) is 32.1 Å². The maximum Gasteiger partial charge on any atom is 0.228 e. The maximum atomic E-state index is 12.7. The van der Waals surface area contributed by atoms with Crippen molar-refractivity contribution in [3.63, 3.8) is 0 Å². The summed E-state index contributed by atoms with van der Waals surface area (Å²) in [7, 11) is 1.99. The van der Waals surface area contributed by atoms with Gasteiger partial charge in [-0.15, -0.1) is 0 Å². The number of amides is 1. The predicted octanol–water partition coefficient (Wildman–Crippen LogP) is 2.56. The zero-order chi connectivity index (χ0) is 13.0. The Bertz CT molecular complexity index is 278. The lowest BCUT2D eigenvalue weighted by atomic mass is 9.82. The number of carbonyl (C=O) groups is 1. The van der Waals surface area contributed by atoms with Gasteiger partial charge in [0.15, 0.2) is 0 Å². The molecule has 1 heterocycles. The van der Waals surface area contributed by atoms with Gasteiger partial charge in [-0.3, -0.25) is 4.79 Å². The van der Waals surface area contributed by atoms with Crippen LogP contribution in [0.1, 0.15) is 58.3 Å². The van der Waals surface area contributed by atoms with Gasteiger partial charge >= 0.3 is 0 Å². The zero-order valence-electron chi connectivity index (χ0n) is 12.0. The molecule has 1 amide bonds. The minimum Gasteiger partial charge on any atom is -0.344 e. The van der Waals surface area contributed by atoms with Crippen molar-refractivity contribution >= 4 is 5.91 Å². The molecule has 1 aliphatic carbocycles. The molecule has 2 rings (SSSR count). The quantitative estimate of drug-likeness (QED) is 0.834. The van der Waals surface area contributed by atoms with Gasteiger partial charge in [0.1, 0.15) is 0 Å². The first kappa shape index (κ1) is 13.9. The molecule has 1 unspecified atom stereocenters. The van der Waals surface area contributed by atoms with Crippen molar-refractivity contribution < 1.29 is 4.79 Å². The van der Waals surface area contributed by atoms with Gasteiger partial charge in [-0.1, -0.05) is 26.2 Å². The monoisotopic (exact) mass is 252 g/mol. The van der Waals surface area contributed by atoms with E-state index in [0.717, 1.165) is 32.4 Å². The fraction of sp³-hybridized carbons (Fsp3) is 0.933. The van der Waals surface area contributed by atoms with Crippen LogP contribution in [0, 0.1) is 5.41 Å². The SMILES string of the molecule is CCC1(C(=O)N(C)CC2CCCCN2)CCCC1. The van der Waals surface area contributed by atoms with Crippen LogP contribution in [0.3, 0.4) is 0 Å². The van der Waals surface area contributed by atoms with Crippen LogP contribution in [0.2, 0.25) is 0 Å². The van der Waals surface area contributed by atoms with Crippen LogP contribution >= 0.6 is 0 Å².